The van der Waals surface area contributed by atoms with Crippen molar-refractivity contribution in [2.45, 2.75) is 32.6 Å². The molecule has 3 heterocycles. The second-order valence-electron chi connectivity index (χ2n) is 6.11. The lowest BCUT2D eigenvalue weighted by Gasteiger charge is -2.07. The molecule has 1 aliphatic carbocycles. The van der Waals surface area contributed by atoms with Crippen molar-refractivity contribution < 1.29 is 4.79 Å². The summed E-state index contributed by atoms with van der Waals surface area (Å²) in [5, 5.41) is 3.98. The molecule has 0 bridgehead atoms. The number of aromatic nitrogens is 4. The van der Waals surface area contributed by atoms with E-state index in [1.807, 2.05) is 12.3 Å². The molecule has 1 atom stereocenters. The van der Waals surface area contributed by atoms with Gasteiger partial charge in [-0.2, -0.15) is 0 Å². The van der Waals surface area contributed by atoms with E-state index in [0.717, 1.165) is 47.0 Å². The quantitative estimate of drug-likeness (QED) is 0.692. The number of fused-ring (bicyclic) bond motifs is 3. The minimum absolute atomic E-state index is 0.0228. The van der Waals surface area contributed by atoms with Gasteiger partial charge < -0.3 is 15.3 Å². The van der Waals surface area contributed by atoms with Gasteiger partial charge in [0.25, 0.3) is 0 Å². The zero-order valence-electron chi connectivity index (χ0n) is 13.0. The van der Waals surface area contributed by atoms with E-state index in [9.17, 15) is 4.79 Å². The average molecular weight is 309 g/mol. The Morgan fingerprint density at radius 2 is 2.39 bits per heavy atom. The predicted molar refractivity (Wildman–Crippen MR) is 88.7 cm³/mol. The van der Waals surface area contributed by atoms with Crippen LogP contribution in [0.25, 0.3) is 22.1 Å². The predicted octanol–water partition coefficient (Wildman–Crippen LogP) is 2.80. The fraction of sp³-hybridized carbons (Fsp3) is 0.353. The van der Waals surface area contributed by atoms with Crippen LogP contribution >= 0.6 is 0 Å². The van der Waals surface area contributed by atoms with Crippen molar-refractivity contribution in [3.63, 3.8) is 0 Å². The summed E-state index contributed by atoms with van der Waals surface area (Å²) >= 11 is 0. The maximum atomic E-state index is 12.2. The first-order valence-electron chi connectivity index (χ1n) is 8.02. The Morgan fingerprint density at radius 1 is 1.48 bits per heavy atom. The van der Waals surface area contributed by atoms with E-state index in [4.69, 9.17) is 0 Å². The molecule has 1 unspecified atom stereocenters. The number of pyridine rings is 1. The van der Waals surface area contributed by atoms with E-state index >= 15 is 0 Å². The lowest BCUT2D eigenvalue weighted by atomic mass is 10.0. The molecule has 0 aliphatic heterocycles. The number of H-pyrrole nitrogens is 2. The maximum absolute atomic E-state index is 12.2. The largest absolute Gasteiger partial charge is 0.346 e. The van der Waals surface area contributed by atoms with E-state index < -0.39 is 0 Å². The summed E-state index contributed by atoms with van der Waals surface area (Å²) in [7, 11) is 0. The maximum Gasteiger partial charge on any atom is 0.231 e. The van der Waals surface area contributed by atoms with E-state index in [2.05, 4.69) is 38.3 Å². The third-order valence-corrected chi connectivity index (χ3v) is 4.50. The van der Waals surface area contributed by atoms with Crippen LogP contribution in [-0.2, 0) is 11.2 Å². The number of aromatic amines is 2. The van der Waals surface area contributed by atoms with Crippen molar-refractivity contribution >= 4 is 28.0 Å². The number of carbonyl (C=O) groups excluding carboxylic acids is 1. The highest BCUT2D eigenvalue weighted by atomic mass is 16.1. The van der Waals surface area contributed by atoms with E-state index in [0.29, 0.717) is 11.7 Å². The molecule has 3 aromatic heterocycles. The molecule has 118 valence electrons. The number of carbonyl (C=O) groups is 1. The van der Waals surface area contributed by atoms with Gasteiger partial charge in [-0.05, 0) is 24.8 Å². The minimum Gasteiger partial charge on any atom is -0.346 e. The molecular formula is C17H19N5O. The Kier molecular flexibility index (Phi) is 3.37. The van der Waals surface area contributed by atoms with Crippen LogP contribution in [0.3, 0.4) is 0 Å². The molecule has 1 aliphatic rings. The van der Waals surface area contributed by atoms with Crippen LogP contribution in [0.2, 0.25) is 0 Å². The number of hydrogen-bond acceptors (Lipinski definition) is 3. The molecule has 0 spiro atoms. The molecule has 0 aromatic carbocycles. The number of nitrogens with zero attached hydrogens (tertiary/aromatic N) is 2. The second kappa shape index (κ2) is 5.53. The van der Waals surface area contributed by atoms with Gasteiger partial charge in [-0.3, -0.25) is 4.79 Å². The van der Waals surface area contributed by atoms with Gasteiger partial charge in [-0.15, -0.1) is 0 Å². The highest BCUT2D eigenvalue weighted by Crippen LogP contribution is 2.25. The summed E-state index contributed by atoms with van der Waals surface area (Å²) in [5.41, 5.74) is 3.56. The minimum atomic E-state index is -0.0228. The molecule has 4 rings (SSSR count). The SMILES string of the molecule is CCC1CC=C(NC(=O)Cc2nc3c(cnc4[nH]ccc43)[nH]2)C1. The number of nitrogens with one attached hydrogen (secondary N) is 3. The van der Waals surface area contributed by atoms with Crippen LogP contribution in [0.1, 0.15) is 32.0 Å². The van der Waals surface area contributed by atoms with Crippen molar-refractivity contribution in [1.29, 1.82) is 0 Å². The van der Waals surface area contributed by atoms with Crippen LogP contribution in [-0.4, -0.2) is 25.8 Å². The lowest BCUT2D eigenvalue weighted by molar-refractivity contribution is -0.119. The zero-order chi connectivity index (χ0) is 15.8. The van der Waals surface area contributed by atoms with Gasteiger partial charge in [0.2, 0.25) is 5.91 Å². The Labute approximate surface area is 133 Å². The molecule has 0 radical (unpaired) electrons. The molecule has 3 aromatic rings. The molecule has 1 amide bonds. The Morgan fingerprint density at radius 3 is 3.22 bits per heavy atom. The van der Waals surface area contributed by atoms with Crippen molar-refractivity contribution in [3.05, 3.63) is 36.1 Å². The monoisotopic (exact) mass is 309 g/mol. The van der Waals surface area contributed by atoms with Crippen molar-refractivity contribution in [1.82, 2.24) is 25.3 Å². The summed E-state index contributed by atoms with van der Waals surface area (Å²) in [4.78, 5) is 27.4. The first-order chi connectivity index (χ1) is 11.2. The van der Waals surface area contributed by atoms with Crippen LogP contribution in [0.4, 0.5) is 0 Å². The first-order valence-corrected chi connectivity index (χ1v) is 8.02. The number of rotatable bonds is 4. The van der Waals surface area contributed by atoms with Gasteiger partial charge >= 0.3 is 0 Å². The Bertz CT molecular complexity index is 904. The summed E-state index contributed by atoms with van der Waals surface area (Å²) < 4.78 is 0. The molecule has 0 saturated carbocycles. The van der Waals surface area contributed by atoms with Crippen LogP contribution in [0.5, 0.6) is 0 Å². The molecule has 6 heteroatoms. The molecule has 23 heavy (non-hydrogen) atoms. The van der Waals surface area contributed by atoms with Gasteiger partial charge in [0.05, 0.1) is 18.1 Å². The van der Waals surface area contributed by atoms with Crippen LogP contribution in [0, 0.1) is 5.92 Å². The average Bonchev–Trinajstić information content (AvgIpc) is 3.24. The van der Waals surface area contributed by atoms with Gasteiger partial charge in [0.15, 0.2) is 0 Å². The summed E-state index contributed by atoms with van der Waals surface area (Å²) in [6.45, 7) is 2.19. The molecule has 6 nitrogen and oxygen atoms in total. The van der Waals surface area contributed by atoms with Gasteiger partial charge in [0.1, 0.15) is 17.0 Å². The third-order valence-electron chi connectivity index (χ3n) is 4.50. The van der Waals surface area contributed by atoms with E-state index in [-0.39, 0.29) is 12.3 Å². The number of hydrogen-bond donors (Lipinski definition) is 3. The molecule has 3 N–H and O–H groups in total. The van der Waals surface area contributed by atoms with Gasteiger partial charge in [-0.25, -0.2) is 9.97 Å². The standard InChI is InChI=1S/C17H19N5O/c1-2-10-3-4-11(7-10)20-15(23)8-14-21-13-9-19-17-12(5-6-18-17)16(13)22-14/h4-6,9-10H,2-3,7-8H2,1H3,(H,18,19)(H,20,23)(H,21,22). The van der Waals surface area contributed by atoms with Crippen LogP contribution in [0.15, 0.2) is 30.2 Å². The highest BCUT2D eigenvalue weighted by Gasteiger charge is 2.18. The highest BCUT2D eigenvalue weighted by molar-refractivity contribution is 6.00. The fourth-order valence-corrected chi connectivity index (χ4v) is 3.18. The summed E-state index contributed by atoms with van der Waals surface area (Å²) in [5.74, 6) is 1.31. The van der Waals surface area contributed by atoms with Crippen LogP contribution < -0.4 is 5.32 Å². The molecule has 0 fully saturated rings. The third kappa shape index (κ3) is 2.60. The number of allylic oxidation sites excluding steroid dienone is 2. The van der Waals surface area contributed by atoms with E-state index in [1.54, 1.807) is 6.20 Å². The summed E-state index contributed by atoms with van der Waals surface area (Å²) in [6.07, 6.45) is 9.15. The second-order valence-corrected chi connectivity index (χ2v) is 6.11. The smallest absolute Gasteiger partial charge is 0.231 e. The zero-order valence-corrected chi connectivity index (χ0v) is 13.0. The summed E-state index contributed by atoms with van der Waals surface area (Å²) in [6, 6.07) is 1.95. The van der Waals surface area contributed by atoms with Crippen molar-refractivity contribution in [2.24, 2.45) is 5.92 Å². The first kappa shape index (κ1) is 14.0. The lowest BCUT2D eigenvalue weighted by Crippen LogP contribution is -2.24. The molecule has 0 saturated heterocycles. The topological polar surface area (TPSA) is 86.5 Å². The Balaban J connectivity index is 1.50. The fourth-order valence-electron chi connectivity index (χ4n) is 3.18. The normalized spacial score (nSPS) is 17.8. The molecular weight excluding hydrogens is 290 g/mol. The van der Waals surface area contributed by atoms with Crippen molar-refractivity contribution in [2.75, 3.05) is 0 Å². The number of imidazole rings is 1. The van der Waals surface area contributed by atoms with Gasteiger partial charge in [0, 0.05) is 17.3 Å². The van der Waals surface area contributed by atoms with Crippen molar-refractivity contribution in [3.8, 4) is 0 Å². The van der Waals surface area contributed by atoms with Gasteiger partial charge in [-0.1, -0.05) is 19.4 Å². The number of amides is 1. The van der Waals surface area contributed by atoms with E-state index in [1.165, 1.54) is 0 Å². The Hall–Kier alpha value is -2.63.